The second kappa shape index (κ2) is 8.87. The Morgan fingerprint density at radius 2 is 1.80 bits per heavy atom. The molecule has 0 saturated heterocycles. The molecule has 5 heavy (non-hydrogen) atoms. The first-order valence-electron chi connectivity index (χ1n) is 0.506. The van der Waals surface area contributed by atoms with E-state index in [0.717, 1.165) is 0 Å². The molecular weight excluding hydrogens is 174 g/mol. The van der Waals surface area contributed by atoms with Crippen LogP contribution in [0.5, 0.6) is 0 Å². The van der Waals surface area contributed by atoms with Gasteiger partial charge in [0.2, 0.25) is 0 Å². The van der Waals surface area contributed by atoms with Crippen LogP contribution in [-0.2, 0) is 39.9 Å². The van der Waals surface area contributed by atoms with E-state index in [0.29, 0.717) is 0 Å². The van der Waals surface area contributed by atoms with E-state index in [4.69, 9.17) is 8.40 Å². The molecule has 0 saturated carbocycles. The van der Waals surface area contributed by atoms with Gasteiger partial charge in [-0.3, -0.25) is 0 Å². The molecule has 5 heteroatoms. The molecule has 0 N–H and O–H groups in total. The van der Waals surface area contributed by atoms with Gasteiger partial charge in [0.15, 0.2) is 0 Å². The monoisotopic (exact) mass is 174 g/mol. The molecule has 0 amide bonds. The molecular formula is FeMnO2P. The van der Waals surface area contributed by atoms with Gasteiger partial charge in [0, 0.05) is 17.1 Å². The summed E-state index contributed by atoms with van der Waals surface area (Å²) in [7, 11) is -0.276. The molecule has 0 aromatic carbocycles. The third-order valence-electron chi connectivity index (χ3n) is 0.0282. The zero-order chi connectivity index (χ0) is 3.41. The maximum atomic E-state index is 9.01. The summed E-state index contributed by atoms with van der Waals surface area (Å²) in [6, 6.07) is 0. The summed E-state index contributed by atoms with van der Waals surface area (Å²) in [5, 5.41) is 0. The van der Waals surface area contributed by atoms with Crippen molar-refractivity contribution >= 4 is 7.15 Å². The van der Waals surface area contributed by atoms with Gasteiger partial charge >= 0.3 is 30.0 Å². The molecule has 0 heterocycles. The molecule has 0 bridgehead atoms. The van der Waals surface area contributed by atoms with Crippen molar-refractivity contribution in [2.75, 3.05) is 0 Å². The summed E-state index contributed by atoms with van der Waals surface area (Å²) >= 11 is -0.715. The van der Waals surface area contributed by atoms with Gasteiger partial charge in [0.25, 0.3) is 0 Å². The minimum Gasteiger partial charge on any atom is 0 e. The summed E-state index contributed by atoms with van der Waals surface area (Å²) in [5.41, 5.74) is 0. The Hall–Kier alpha value is 0.939. The first-order chi connectivity index (χ1) is 1.91. The third kappa shape index (κ3) is 11.3. The van der Waals surface area contributed by atoms with Crippen LogP contribution in [0.4, 0.5) is 0 Å². The smallest absolute Gasteiger partial charge is 0 e. The summed E-state index contributed by atoms with van der Waals surface area (Å²) in [6.07, 6.45) is 0. The molecule has 0 aromatic heterocycles. The molecule has 0 aliphatic carbocycles. The largest absolute Gasteiger partial charge is 0 e. The summed E-state index contributed by atoms with van der Waals surface area (Å²) in [5.74, 6) is 0. The molecule has 0 spiro atoms. The van der Waals surface area contributed by atoms with Crippen LogP contribution in [0, 0.1) is 0 Å². The zero-order valence-corrected chi connectivity index (χ0v) is 5.17. The van der Waals surface area contributed by atoms with Crippen LogP contribution >= 0.6 is 7.15 Å². The van der Waals surface area contributed by atoms with E-state index in [1.807, 2.05) is 0 Å². The van der Waals surface area contributed by atoms with Crippen molar-refractivity contribution in [2.24, 2.45) is 0 Å². The van der Waals surface area contributed by atoms with Gasteiger partial charge < -0.3 is 0 Å². The van der Waals surface area contributed by atoms with Crippen molar-refractivity contribution in [1.29, 1.82) is 0 Å². The van der Waals surface area contributed by atoms with Gasteiger partial charge in [-0.05, 0) is 0 Å². The van der Waals surface area contributed by atoms with E-state index >= 15 is 0 Å². The van der Waals surface area contributed by atoms with Crippen LogP contribution < -0.4 is 0 Å². The molecule has 0 aliphatic rings. The first-order valence-corrected chi connectivity index (χ1v) is 3.27. The first kappa shape index (κ1) is 9.34. The predicted molar refractivity (Wildman–Crippen MR) is 8.29 cm³/mol. The Bertz CT molecular complexity index is 30.6. The van der Waals surface area contributed by atoms with Crippen molar-refractivity contribution in [3.8, 4) is 0 Å². The maximum Gasteiger partial charge on any atom is 0 e. The zero-order valence-electron chi connectivity index (χ0n) is 2.00. The van der Waals surface area contributed by atoms with Gasteiger partial charge in [-0.15, -0.1) is 0 Å². The van der Waals surface area contributed by atoms with Crippen LogP contribution in [0.25, 0.3) is 0 Å². The molecule has 0 atom stereocenters. The molecule has 0 radical (unpaired) electrons. The van der Waals surface area contributed by atoms with E-state index in [1.165, 1.54) is 0 Å². The fraction of sp³-hybridized carbons (Fsp3) is 0. The average molecular weight is 174 g/mol. The van der Waals surface area contributed by atoms with Gasteiger partial charge in [0.1, 0.15) is 0 Å². The fourth-order valence-corrected chi connectivity index (χ4v) is 0. The molecule has 0 rings (SSSR count). The van der Waals surface area contributed by atoms with Gasteiger partial charge in [-0.25, -0.2) is 0 Å². The van der Waals surface area contributed by atoms with Crippen molar-refractivity contribution in [3.63, 3.8) is 0 Å². The topological polar surface area (TPSA) is 34.1 Å². The van der Waals surface area contributed by atoms with Gasteiger partial charge in [-0.2, -0.15) is 0 Å². The van der Waals surface area contributed by atoms with Crippen molar-refractivity contribution < 1.29 is 39.9 Å². The third-order valence-corrected chi connectivity index (χ3v) is 0.348. The molecule has 0 aromatic rings. The van der Waals surface area contributed by atoms with E-state index in [1.54, 1.807) is 0 Å². The Morgan fingerprint density at radius 3 is 1.80 bits per heavy atom. The Labute approximate surface area is 47.3 Å². The molecule has 2 nitrogen and oxygen atoms in total. The van der Waals surface area contributed by atoms with E-state index in [-0.39, 0.29) is 24.2 Å². The molecule has 32 valence electrons. The van der Waals surface area contributed by atoms with E-state index < -0.39 is 14.4 Å². The average Bonchev–Trinajstić information content (AvgIpc) is 1.37. The predicted octanol–water partition coefficient (Wildman–Crippen LogP) is 0.619. The summed E-state index contributed by atoms with van der Waals surface area (Å²) in [4.78, 5) is 0. The molecule has 0 aliphatic heterocycles. The Kier molecular flexibility index (Phi) is 16.6. The maximum absolute atomic E-state index is 9.01. The Morgan fingerprint density at radius 1 is 1.60 bits per heavy atom. The van der Waals surface area contributed by atoms with Crippen molar-refractivity contribution in [3.05, 3.63) is 0 Å². The second-order valence-electron chi connectivity index (χ2n) is 0.138. The van der Waals surface area contributed by atoms with Crippen LogP contribution in [0.2, 0.25) is 0 Å². The summed E-state index contributed by atoms with van der Waals surface area (Å²) in [6.45, 7) is 0. The van der Waals surface area contributed by atoms with Crippen LogP contribution in [0.1, 0.15) is 0 Å². The van der Waals surface area contributed by atoms with Crippen LogP contribution in [-0.4, -0.2) is 0 Å². The quantitative estimate of drug-likeness (QED) is 0.431. The molecule has 0 unspecified atom stereocenters. The van der Waals surface area contributed by atoms with E-state index in [9.17, 15) is 0 Å². The van der Waals surface area contributed by atoms with Crippen molar-refractivity contribution in [2.45, 2.75) is 0 Å². The van der Waals surface area contributed by atoms with Crippen LogP contribution in [0.15, 0.2) is 0 Å². The van der Waals surface area contributed by atoms with Crippen molar-refractivity contribution in [1.82, 2.24) is 0 Å². The molecule has 0 fully saturated rings. The standard InChI is InChI=1S/Fe.Mn.OP.O/c;;1-2;/q;+1;-1;. The summed E-state index contributed by atoms with van der Waals surface area (Å²) < 4.78 is 18.0. The number of rotatable bonds is 1. The minimum absolute atomic E-state index is 0. The fourth-order valence-electron chi connectivity index (χ4n) is 0. The second-order valence-corrected chi connectivity index (χ2v) is 1.71. The Balaban J connectivity index is 0. The van der Waals surface area contributed by atoms with Crippen LogP contribution in [0.3, 0.4) is 0 Å². The normalized spacial score (nSPS) is 6.40. The number of hydrogen-bond donors (Lipinski definition) is 0. The number of hydrogen-bond acceptors (Lipinski definition) is 2. The SMILES string of the molecule is O=[P][Mn]=[O].[Fe]. The van der Waals surface area contributed by atoms with Gasteiger partial charge in [0.05, 0.1) is 0 Å². The van der Waals surface area contributed by atoms with E-state index in [2.05, 4.69) is 0 Å². The van der Waals surface area contributed by atoms with Gasteiger partial charge in [-0.1, -0.05) is 0 Å². The minimum atomic E-state index is -0.715.